The van der Waals surface area contributed by atoms with E-state index >= 15 is 0 Å². The zero-order valence-electron chi connectivity index (χ0n) is 13.5. The van der Waals surface area contributed by atoms with Gasteiger partial charge in [-0.1, -0.05) is 48.2 Å². The smallest absolute Gasteiger partial charge is 0.231 e. The minimum atomic E-state index is -0.122. The van der Waals surface area contributed by atoms with Gasteiger partial charge < -0.3 is 5.32 Å². The summed E-state index contributed by atoms with van der Waals surface area (Å²) >= 11 is 3.01. The molecule has 0 radical (unpaired) electrons. The molecule has 1 fully saturated rings. The van der Waals surface area contributed by atoms with Crippen LogP contribution in [0.5, 0.6) is 0 Å². The Kier molecular flexibility index (Phi) is 4.85. The van der Waals surface area contributed by atoms with E-state index < -0.39 is 0 Å². The molecule has 0 aliphatic heterocycles. The summed E-state index contributed by atoms with van der Waals surface area (Å²) in [5, 5.41) is 13.0. The van der Waals surface area contributed by atoms with Gasteiger partial charge in [-0.25, -0.2) is 4.98 Å². The van der Waals surface area contributed by atoms with E-state index in [0.29, 0.717) is 16.8 Å². The molecule has 2 aromatic heterocycles. The summed E-state index contributed by atoms with van der Waals surface area (Å²) in [6.45, 7) is 0. The molecule has 3 aromatic rings. The summed E-state index contributed by atoms with van der Waals surface area (Å²) in [6.07, 6.45) is 2.36. The van der Waals surface area contributed by atoms with Gasteiger partial charge in [0, 0.05) is 10.8 Å². The third kappa shape index (κ3) is 4.11. The Bertz CT molecular complexity index is 828. The van der Waals surface area contributed by atoms with Crippen molar-refractivity contribution in [1.29, 1.82) is 0 Å². The van der Waals surface area contributed by atoms with Gasteiger partial charge in [-0.05, 0) is 29.9 Å². The van der Waals surface area contributed by atoms with Crippen molar-refractivity contribution in [2.45, 2.75) is 30.0 Å². The molecule has 1 unspecified atom stereocenters. The largest absolute Gasteiger partial charge is 0.344 e. The van der Waals surface area contributed by atoms with Crippen molar-refractivity contribution < 1.29 is 4.79 Å². The molecule has 7 heteroatoms. The second kappa shape index (κ2) is 7.41. The SMILES string of the molecule is O=C(CSc1n[nH]c(C2CC2)n1)NC(c1ccccc1)c1cccs1. The van der Waals surface area contributed by atoms with E-state index in [4.69, 9.17) is 0 Å². The highest BCUT2D eigenvalue weighted by atomic mass is 32.2. The first-order chi connectivity index (χ1) is 12.3. The van der Waals surface area contributed by atoms with Gasteiger partial charge >= 0.3 is 0 Å². The number of aromatic nitrogens is 3. The second-order valence-electron chi connectivity index (χ2n) is 5.99. The lowest BCUT2D eigenvalue weighted by Gasteiger charge is -2.17. The Morgan fingerprint density at radius 1 is 1.28 bits per heavy atom. The van der Waals surface area contributed by atoms with Gasteiger partial charge in [0.1, 0.15) is 5.82 Å². The first-order valence-electron chi connectivity index (χ1n) is 8.22. The van der Waals surface area contributed by atoms with Crippen LogP contribution in [0.2, 0.25) is 0 Å². The van der Waals surface area contributed by atoms with Gasteiger partial charge in [-0.2, -0.15) is 0 Å². The van der Waals surface area contributed by atoms with Crippen molar-refractivity contribution in [3.63, 3.8) is 0 Å². The third-order valence-electron chi connectivity index (χ3n) is 4.04. The molecule has 128 valence electrons. The molecule has 25 heavy (non-hydrogen) atoms. The summed E-state index contributed by atoms with van der Waals surface area (Å²) in [7, 11) is 0. The number of thiophene rings is 1. The van der Waals surface area contributed by atoms with Gasteiger partial charge in [0.05, 0.1) is 11.8 Å². The van der Waals surface area contributed by atoms with Crippen LogP contribution >= 0.6 is 23.1 Å². The van der Waals surface area contributed by atoms with E-state index in [1.165, 1.54) is 24.6 Å². The van der Waals surface area contributed by atoms with Gasteiger partial charge in [0.2, 0.25) is 11.1 Å². The Morgan fingerprint density at radius 3 is 2.84 bits per heavy atom. The Labute approximate surface area is 154 Å². The number of H-pyrrole nitrogens is 1. The summed E-state index contributed by atoms with van der Waals surface area (Å²) in [5.41, 5.74) is 1.08. The van der Waals surface area contributed by atoms with Crippen molar-refractivity contribution in [1.82, 2.24) is 20.5 Å². The molecule has 1 saturated carbocycles. The van der Waals surface area contributed by atoms with Crippen LogP contribution in [-0.2, 0) is 4.79 Å². The monoisotopic (exact) mass is 370 g/mol. The first kappa shape index (κ1) is 16.4. The van der Waals surface area contributed by atoms with Crippen molar-refractivity contribution in [3.8, 4) is 0 Å². The van der Waals surface area contributed by atoms with Crippen molar-refractivity contribution >= 4 is 29.0 Å². The van der Waals surface area contributed by atoms with E-state index in [2.05, 4.69) is 20.5 Å². The summed E-state index contributed by atoms with van der Waals surface area (Å²) < 4.78 is 0. The predicted octanol–water partition coefficient (Wildman–Crippen LogP) is 3.74. The number of nitrogens with zero attached hydrogens (tertiary/aromatic N) is 2. The van der Waals surface area contributed by atoms with Crippen LogP contribution in [0.15, 0.2) is 53.0 Å². The molecular formula is C18H18N4OS2. The highest BCUT2D eigenvalue weighted by Crippen LogP contribution is 2.38. The molecule has 2 N–H and O–H groups in total. The molecule has 1 aliphatic carbocycles. The Morgan fingerprint density at radius 2 is 2.12 bits per heavy atom. The lowest BCUT2D eigenvalue weighted by Crippen LogP contribution is -2.30. The minimum absolute atomic E-state index is 0.0231. The van der Waals surface area contributed by atoms with Crippen LogP contribution in [0.1, 0.15) is 41.1 Å². The number of carbonyl (C=O) groups excluding carboxylic acids is 1. The summed E-state index contributed by atoms with van der Waals surface area (Å²) in [4.78, 5) is 18.0. The maximum atomic E-state index is 12.5. The number of thioether (sulfide) groups is 1. The minimum Gasteiger partial charge on any atom is -0.344 e. The predicted molar refractivity (Wildman–Crippen MR) is 99.8 cm³/mol. The molecule has 1 aliphatic rings. The van der Waals surface area contributed by atoms with Gasteiger partial charge in [0.15, 0.2) is 0 Å². The van der Waals surface area contributed by atoms with Crippen molar-refractivity contribution in [2.24, 2.45) is 0 Å². The number of hydrogen-bond acceptors (Lipinski definition) is 5. The van der Waals surface area contributed by atoms with Crippen molar-refractivity contribution in [2.75, 3.05) is 5.75 Å². The number of nitrogens with one attached hydrogen (secondary N) is 2. The maximum Gasteiger partial charge on any atom is 0.231 e. The quantitative estimate of drug-likeness (QED) is 0.622. The molecular weight excluding hydrogens is 352 g/mol. The highest BCUT2D eigenvalue weighted by molar-refractivity contribution is 7.99. The second-order valence-corrected chi connectivity index (χ2v) is 7.91. The van der Waals surface area contributed by atoms with Crippen LogP contribution in [0.4, 0.5) is 0 Å². The van der Waals surface area contributed by atoms with Gasteiger partial charge in [-0.15, -0.1) is 16.4 Å². The van der Waals surface area contributed by atoms with E-state index in [-0.39, 0.29) is 11.9 Å². The van der Waals surface area contributed by atoms with E-state index in [9.17, 15) is 4.79 Å². The van der Waals surface area contributed by atoms with Crippen LogP contribution in [0.3, 0.4) is 0 Å². The van der Waals surface area contributed by atoms with Crippen LogP contribution in [0, 0.1) is 0 Å². The summed E-state index contributed by atoms with van der Waals surface area (Å²) in [5.74, 6) is 1.77. The molecule has 2 heterocycles. The van der Waals surface area contributed by atoms with Crippen molar-refractivity contribution in [3.05, 3.63) is 64.1 Å². The highest BCUT2D eigenvalue weighted by Gasteiger charge is 2.27. The fourth-order valence-corrected chi connectivity index (χ4v) is 4.03. The molecule has 0 saturated heterocycles. The lowest BCUT2D eigenvalue weighted by atomic mass is 10.1. The molecule has 1 amide bonds. The average molecular weight is 371 g/mol. The number of carbonyl (C=O) groups is 1. The number of benzene rings is 1. The van der Waals surface area contributed by atoms with E-state index in [1.54, 1.807) is 11.3 Å². The molecule has 5 nitrogen and oxygen atoms in total. The maximum absolute atomic E-state index is 12.5. The summed E-state index contributed by atoms with van der Waals surface area (Å²) in [6, 6.07) is 14.0. The number of rotatable bonds is 7. The Hall–Kier alpha value is -2.12. The molecule has 1 aromatic carbocycles. The number of hydrogen-bond donors (Lipinski definition) is 2. The van der Waals surface area contributed by atoms with Crippen LogP contribution in [0.25, 0.3) is 0 Å². The molecule has 0 spiro atoms. The number of aromatic amines is 1. The first-order valence-corrected chi connectivity index (χ1v) is 10.1. The van der Waals surface area contributed by atoms with Gasteiger partial charge in [-0.3, -0.25) is 9.89 Å². The van der Waals surface area contributed by atoms with Crippen LogP contribution < -0.4 is 5.32 Å². The van der Waals surface area contributed by atoms with E-state index in [0.717, 1.165) is 16.3 Å². The normalized spacial score (nSPS) is 15.0. The fourth-order valence-electron chi connectivity index (χ4n) is 2.61. The average Bonchev–Trinajstić information content (AvgIpc) is 3.15. The molecule has 4 rings (SSSR count). The topological polar surface area (TPSA) is 70.7 Å². The van der Waals surface area contributed by atoms with Crippen LogP contribution in [-0.4, -0.2) is 26.8 Å². The molecule has 1 atom stereocenters. The standard InChI is InChI=1S/C18H18N4OS2/c23-15(11-25-18-20-17(21-22-18)13-8-9-13)19-16(14-7-4-10-24-14)12-5-2-1-3-6-12/h1-7,10,13,16H,8-9,11H2,(H,19,23)(H,20,21,22). The Balaban J connectivity index is 1.40. The zero-order valence-corrected chi connectivity index (χ0v) is 15.1. The van der Waals surface area contributed by atoms with E-state index in [1.807, 2.05) is 47.8 Å². The fraction of sp³-hybridized carbons (Fsp3) is 0.278. The third-order valence-corrected chi connectivity index (χ3v) is 5.83. The zero-order chi connectivity index (χ0) is 17.1. The molecule has 0 bridgehead atoms. The van der Waals surface area contributed by atoms with Gasteiger partial charge in [0.25, 0.3) is 0 Å². The number of amides is 1. The lowest BCUT2D eigenvalue weighted by molar-refractivity contribution is -0.119.